The molecule has 4 saturated carbocycles. The van der Waals surface area contributed by atoms with Crippen LogP contribution in [0, 0.1) is 11.8 Å². The first-order chi connectivity index (χ1) is 13.1. The van der Waals surface area contributed by atoms with Gasteiger partial charge in [0, 0.05) is 5.56 Å². The topological polar surface area (TPSA) is 69.6 Å². The molecule has 4 aliphatic rings. The van der Waals surface area contributed by atoms with E-state index in [0.717, 1.165) is 30.7 Å². The van der Waals surface area contributed by atoms with Crippen molar-refractivity contribution in [1.29, 1.82) is 0 Å². The van der Waals surface area contributed by atoms with Crippen LogP contribution in [0.1, 0.15) is 44.4 Å². The minimum Gasteiger partial charge on any atom is -0.338 e. The number of hydrogen-bond acceptors (Lipinski definition) is 5. The standard InChI is InChI=1S/C20H20BrN5O/c21-18-22-12-26(24-18)20-9-13-6-14(10-20)8-19(7-13,11-20)17-23-16(25-27-17)15-4-2-1-3-5-15/h1-5,12-14H,6-11H2. The third-order valence-corrected chi connectivity index (χ3v) is 7.26. The van der Waals surface area contributed by atoms with Gasteiger partial charge in [-0.05, 0) is 66.3 Å². The van der Waals surface area contributed by atoms with Gasteiger partial charge < -0.3 is 4.52 Å². The van der Waals surface area contributed by atoms with E-state index in [4.69, 9.17) is 9.51 Å². The van der Waals surface area contributed by atoms with Gasteiger partial charge in [-0.15, -0.1) is 5.10 Å². The van der Waals surface area contributed by atoms with Gasteiger partial charge in [-0.3, -0.25) is 0 Å². The second-order valence-corrected chi connectivity index (χ2v) is 9.42. The van der Waals surface area contributed by atoms with Crippen LogP contribution in [0.4, 0.5) is 0 Å². The Kier molecular flexibility index (Phi) is 3.26. The van der Waals surface area contributed by atoms with Gasteiger partial charge in [0.25, 0.3) is 0 Å². The Morgan fingerprint density at radius 2 is 1.85 bits per heavy atom. The maximum Gasteiger partial charge on any atom is 0.233 e. The van der Waals surface area contributed by atoms with Crippen LogP contribution in [0.2, 0.25) is 0 Å². The Morgan fingerprint density at radius 1 is 1.07 bits per heavy atom. The highest BCUT2D eigenvalue weighted by molar-refractivity contribution is 9.10. The summed E-state index contributed by atoms with van der Waals surface area (Å²) in [5.74, 6) is 2.90. The Labute approximate surface area is 165 Å². The number of hydrogen-bond donors (Lipinski definition) is 0. The molecule has 0 aliphatic heterocycles. The molecule has 0 spiro atoms. The zero-order valence-corrected chi connectivity index (χ0v) is 16.5. The lowest BCUT2D eigenvalue weighted by Crippen LogP contribution is -2.58. The SMILES string of the molecule is Brc1ncn(C23CC4CC(CC(c5nc(-c6ccccc6)no5)(C4)C2)C3)n1. The lowest BCUT2D eigenvalue weighted by atomic mass is 9.47. The summed E-state index contributed by atoms with van der Waals surface area (Å²) in [6.45, 7) is 0. The highest BCUT2D eigenvalue weighted by Gasteiger charge is 2.61. The summed E-state index contributed by atoms with van der Waals surface area (Å²) in [7, 11) is 0. The van der Waals surface area contributed by atoms with Crippen LogP contribution in [-0.2, 0) is 11.0 Å². The van der Waals surface area contributed by atoms with Crippen molar-refractivity contribution < 1.29 is 4.52 Å². The molecule has 4 fully saturated rings. The smallest absolute Gasteiger partial charge is 0.233 e. The predicted molar refractivity (Wildman–Crippen MR) is 102 cm³/mol. The van der Waals surface area contributed by atoms with E-state index in [1.54, 1.807) is 0 Å². The van der Waals surface area contributed by atoms with Gasteiger partial charge >= 0.3 is 0 Å². The molecule has 2 heterocycles. The fraction of sp³-hybridized carbons (Fsp3) is 0.500. The molecule has 7 heteroatoms. The molecule has 0 amide bonds. The number of benzene rings is 1. The molecule has 2 aromatic heterocycles. The van der Waals surface area contributed by atoms with Gasteiger partial charge in [-0.25, -0.2) is 9.67 Å². The molecular weight excluding hydrogens is 406 g/mol. The molecule has 2 unspecified atom stereocenters. The van der Waals surface area contributed by atoms with Crippen molar-refractivity contribution in [2.24, 2.45) is 11.8 Å². The van der Waals surface area contributed by atoms with Crippen LogP contribution in [0.3, 0.4) is 0 Å². The maximum atomic E-state index is 5.87. The molecule has 3 aromatic rings. The summed E-state index contributed by atoms with van der Waals surface area (Å²) < 4.78 is 8.65. The minimum absolute atomic E-state index is 0.0253. The normalized spacial score (nSPS) is 34.3. The quantitative estimate of drug-likeness (QED) is 0.623. The van der Waals surface area contributed by atoms with Crippen molar-refractivity contribution >= 4 is 15.9 Å². The highest BCUT2D eigenvalue weighted by Crippen LogP contribution is 2.64. The Morgan fingerprint density at radius 3 is 2.56 bits per heavy atom. The summed E-state index contributed by atoms with van der Waals surface area (Å²) in [4.78, 5) is 9.20. The van der Waals surface area contributed by atoms with Crippen molar-refractivity contribution in [1.82, 2.24) is 24.9 Å². The van der Waals surface area contributed by atoms with E-state index in [9.17, 15) is 0 Å². The zero-order chi connectivity index (χ0) is 18.1. The van der Waals surface area contributed by atoms with Crippen LogP contribution in [0.15, 0.2) is 45.9 Å². The monoisotopic (exact) mass is 425 g/mol. The van der Waals surface area contributed by atoms with Crippen LogP contribution in [0.25, 0.3) is 11.4 Å². The fourth-order valence-electron chi connectivity index (χ4n) is 6.35. The first kappa shape index (κ1) is 16.0. The average molecular weight is 426 g/mol. The Balaban J connectivity index is 1.41. The van der Waals surface area contributed by atoms with Crippen molar-refractivity contribution in [3.05, 3.63) is 47.3 Å². The van der Waals surface area contributed by atoms with Crippen LogP contribution < -0.4 is 0 Å². The molecule has 0 radical (unpaired) electrons. The summed E-state index contributed by atoms with van der Waals surface area (Å²) in [6.07, 6.45) is 8.88. The molecule has 6 nitrogen and oxygen atoms in total. The van der Waals surface area contributed by atoms with E-state index in [0.29, 0.717) is 22.4 Å². The van der Waals surface area contributed by atoms with Crippen LogP contribution in [0.5, 0.6) is 0 Å². The van der Waals surface area contributed by atoms with Crippen molar-refractivity contribution in [2.45, 2.75) is 49.5 Å². The first-order valence-electron chi connectivity index (χ1n) is 9.62. The summed E-state index contributed by atoms with van der Waals surface area (Å²) in [5, 5.41) is 8.95. The molecule has 2 atom stereocenters. The van der Waals surface area contributed by atoms with E-state index in [1.807, 2.05) is 36.7 Å². The summed E-state index contributed by atoms with van der Waals surface area (Å²) >= 11 is 3.42. The molecule has 0 saturated heterocycles. The second-order valence-electron chi connectivity index (χ2n) is 8.71. The van der Waals surface area contributed by atoms with E-state index in [2.05, 4.69) is 35.9 Å². The molecule has 1 aromatic carbocycles. The van der Waals surface area contributed by atoms with Crippen molar-refractivity contribution in [2.75, 3.05) is 0 Å². The van der Waals surface area contributed by atoms with Crippen LogP contribution in [-0.4, -0.2) is 24.9 Å². The van der Waals surface area contributed by atoms with E-state index in [-0.39, 0.29) is 11.0 Å². The van der Waals surface area contributed by atoms with Crippen LogP contribution >= 0.6 is 15.9 Å². The average Bonchev–Trinajstić information content (AvgIpc) is 3.31. The maximum absolute atomic E-state index is 5.87. The summed E-state index contributed by atoms with van der Waals surface area (Å²) in [6, 6.07) is 10.1. The minimum atomic E-state index is -0.0253. The second kappa shape index (κ2) is 5.50. The predicted octanol–water partition coefficient (Wildman–Crippen LogP) is 4.34. The third-order valence-electron chi connectivity index (χ3n) is 6.89. The third kappa shape index (κ3) is 2.37. The molecule has 7 rings (SSSR count). The Hall–Kier alpha value is -2.02. The van der Waals surface area contributed by atoms with Gasteiger partial charge in [0.05, 0.1) is 11.0 Å². The summed E-state index contributed by atoms with van der Waals surface area (Å²) in [5.41, 5.74) is 1.01. The number of nitrogens with zero attached hydrogens (tertiary/aromatic N) is 5. The lowest BCUT2D eigenvalue weighted by molar-refractivity contribution is -0.0787. The number of rotatable bonds is 3. The fourth-order valence-corrected chi connectivity index (χ4v) is 6.61. The molecule has 4 bridgehead atoms. The zero-order valence-electron chi connectivity index (χ0n) is 14.9. The van der Waals surface area contributed by atoms with Gasteiger partial charge in [-0.1, -0.05) is 35.5 Å². The highest BCUT2D eigenvalue weighted by atomic mass is 79.9. The van der Waals surface area contributed by atoms with E-state index in [1.165, 1.54) is 19.3 Å². The molecule has 0 N–H and O–H groups in total. The molecule has 138 valence electrons. The van der Waals surface area contributed by atoms with Crippen molar-refractivity contribution in [3.63, 3.8) is 0 Å². The van der Waals surface area contributed by atoms with E-state index >= 15 is 0 Å². The molecule has 4 aliphatic carbocycles. The first-order valence-corrected chi connectivity index (χ1v) is 10.4. The molecule has 27 heavy (non-hydrogen) atoms. The largest absolute Gasteiger partial charge is 0.338 e. The van der Waals surface area contributed by atoms with Crippen molar-refractivity contribution in [3.8, 4) is 11.4 Å². The van der Waals surface area contributed by atoms with Gasteiger partial charge in [0.15, 0.2) is 0 Å². The Bertz CT molecular complexity index is 983. The number of aromatic nitrogens is 5. The lowest BCUT2D eigenvalue weighted by Gasteiger charge is -2.60. The van der Waals surface area contributed by atoms with Gasteiger partial charge in [-0.2, -0.15) is 4.98 Å². The van der Waals surface area contributed by atoms with Gasteiger partial charge in [0.2, 0.25) is 16.4 Å². The van der Waals surface area contributed by atoms with E-state index < -0.39 is 0 Å². The number of halogens is 1. The van der Waals surface area contributed by atoms with Gasteiger partial charge in [0.1, 0.15) is 6.33 Å². The molecular formula is C20H20BrN5O.